The van der Waals surface area contributed by atoms with Crippen molar-refractivity contribution in [1.82, 2.24) is 0 Å². The Hall–Kier alpha value is -0.930. The van der Waals surface area contributed by atoms with Gasteiger partial charge in [-0.3, -0.25) is 0 Å². The molecule has 0 atom stereocenters. The molecule has 118 valence electrons. The smallest absolute Gasteiger partial charge is 0.351 e. The molecule has 0 aliphatic carbocycles. The summed E-state index contributed by atoms with van der Waals surface area (Å²) in [6, 6.07) is 4.94. The minimum atomic E-state index is -1.09. The Morgan fingerprint density at radius 3 is 2.19 bits per heavy atom. The third kappa shape index (κ3) is 3.83. The molecule has 0 fully saturated rings. The van der Waals surface area contributed by atoms with Gasteiger partial charge in [-0.2, -0.15) is 0 Å². The van der Waals surface area contributed by atoms with Gasteiger partial charge in [-0.05, 0) is 25.1 Å². The SMILES string of the molecule is CCOC(=O)C(Oc1ccc(Cl)cc1Cl)(C(C)C)C(C)C. The third-order valence-corrected chi connectivity index (χ3v) is 4.01. The highest BCUT2D eigenvalue weighted by atomic mass is 35.5. The van der Waals surface area contributed by atoms with Crippen molar-refractivity contribution in [2.24, 2.45) is 11.8 Å². The minimum absolute atomic E-state index is 0.0803. The second-order valence-corrected chi connectivity index (χ2v) is 6.34. The second kappa shape index (κ2) is 7.37. The zero-order valence-corrected chi connectivity index (χ0v) is 14.6. The molecule has 0 bridgehead atoms. The molecule has 0 radical (unpaired) electrons. The van der Waals surface area contributed by atoms with Gasteiger partial charge in [-0.1, -0.05) is 50.9 Å². The van der Waals surface area contributed by atoms with Crippen molar-refractivity contribution in [2.75, 3.05) is 6.61 Å². The Bertz CT molecular complexity index is 490. The molecule has 0 aliphatic rings. The molecule has 1 rings (SSSR count). The fraction of sp³-hybridized carbons (Fsp3) is 0.562. The minimum Gasteiger partial charge on any atom is -0.473 e. The maximum absolute atomic E-state index is 12.5. The summed E-state index contributed by atoms with van der Waals surface area (Å²) in [5.41, 5.74) is -1.09. The number of hydrogen-bond donors (Lipinski definition) is 0. The van der Waals surface area contributed by atoms with Gasteiger partial charge >= 0.3 is 5.97 Å². The highest BCUT2D eigenvalue weighted by Crippen LogP contribution is 2.37. The van der Waals surface area contributed by atoms with Gasteiger partial charge in [-0.25, -0.2) is 4.79 Å². The van der Waals surface area contributed by atoms with Gasteiger partial charge in [0.1, 0.15) is 5.75 Å². The van der Waals surface area contributed by atoms with Crippen LogP contribution in [0.5, 0.6) is 5.75 Å². The van der Waals surface area contributed by atoms with Crippen molar-refractivity contribution < 1.29 is 14.3 Å². The van der Waals surface area contributed by atoms with E-state index in [1.54, 1.807) is 25.1 Å². The van der Waals surface area contributed by atoms with Crippen LogP contribution in [0.4, 0.5) is 0 Å². The standard InChI is InChI=1S/C16H22Cl2O3/c1-6-20-15(19)16(10(2)3,11(4)5)21-14-8-7-12(17)9-13(14)18/h7-11H,6H2,1-5H3. The summed E-state index contributed by atoms with van der Waals surface area (Å²) in [5.74, 6) is -0.107. The first kappa shape index (κ1) is 18.1. The number of benzene rings is 1. The van der Waals surface area contributed by atoms with Crippen molar-refractivity contribution in [1.29, 1.82) is 0 Å². The fourth-order valence-corrected chi connectivity index (χ4v) is 2.85. The summed E-state index contributed by atoms with van der Waals surface area (Å²) in [6.07, 6.45) is 0. The predicted octanol–water partition coefficient (Wildman–Crippen LogP) is 4.99. The summed E-state index contributed by atoms with van der Waals surface area (Å²) in [7, 11) is 0. The molecule has 1 aromatic rings. The number of carbonyl (C=O) groups excluding carboxylic acids is 1. The average Bonchev–Trinajstić information content (AvgIpc) is 2.37. The van der Waals surface area contributed by atoms with Crippen LogP contribution >= 0.6 is 23.2 Å². The number of hydrogen-bond acceptors (Lipinski definition) is 3. The largest absolute Gasteiger partial charge is 0.473 e. The molecule has 0 aromatic heterocycles. The lowest BCUT2D eigenvalue weighted by atomic mass is 9.80. The highest BCUT2D eigenvalue weighted by Gasteiger charge is 2.49. The van der Waals surface area contributed by atoms with Crippen LogP contribution in [0.25, 0.3) is 0 Å². The van der Waals surface area contributed by atoms with E-state index in [4.69, 9.17) is 32.7 Å². The maximum Gasteiger partial charge on any atom is 0.351 e. The van der Waals surface area contributed by atoms with E-state index in [-0.39, 0.29) is 17.8 Å². The van der Waals surface area contributed by atoms with Gasteiger partial charge in [-0.15, -0.1) is 0 Å². The molecule has 21 heavy (non-hydrogen) atoms. The summed E-state index contributed by atoms with van der Waals surface area (Å²) in [5, 5.41) is 0.889. The van der Waals surface area contributed by atoms with E-state index in [0.717, 1.165) is 0 Å². The van der Waals surface area contributed by atoms with Crippen molar-refractivity contribution in [3.8, 4) is 5.75 Å². The van der Waals surface area contributed by atoms with Crippen LogP contribution in [0, 0.1) is 11.8 Å². The second-order valence-electron chi connectivity index (χ2n) is 5.50. The van der Waals surface area contributed by atoms with Crippen molar-refractivity contribution in [3.05, 3.63) is 28.2 Å². The fourth-order valence-electron chi connectivity index (χ4n) is 2.40. The highest BCUT2D eigenvalue weighted by molar-refractivity contribution is 6.35. The quantitative estimate of drug-likeness (QED) is 0.688. The normalized spacial score (nSPS) is 11.9. The Kier molecular flexibility index (Phi) is 6.36. The van der Waals surface area contributed by atoms with E-state index in [1.807, 2.05) is 27.7 Å². The number of halogens is 2. The third-order valence-electron chi connectivity index (χ3n) is 3.48. The Balaban J connectivity index is 3.27. The lowest BCUT2D eigenvalue weighted by molar-refractivity contribution is -0.171. The van der Waals surface area contributed by atoms with Crippen LogP contribution in [-0.4, -0.2) is 18.2 Å². The lowest BCUT2D eigenvalue weighted by Crippen LogP contribution is -2.54. The first-order valence-electron chi connectivity index (χ1n) is 7.07. The van der Waals surface area contributed by atoms with E-state index in [1.165, 1.54) is 0 Å². The molecule has 0 N–H and O–H groups in total. The van der Waals surface area contributed by atoms with Gasteiger partial charge in [0.05, 0.1) is 11.6 Å². The Morgan fingerprint density at radius 1 is 1.19 bits per heavy atom. The van der Waals surface area contributed by atoms with Crippen LogP contribution in [0.3, 0.4) is 0 Å². The van der Waals surface area contributed by atoms with E-state index >= 15 is 0 Å². The molecule has 0 heterocycles. The summed E-state index contributed by atoms with van der Waals surface area (Å²) < 4.78 is 11.3. The lowest BCUT2D eigenvalue weighted by Gasteiger charge is -2.39. The van der Waals surface area contributed by atoms with Gasteiger partial charge in [0, 0.05) is 16.9 Å². The summed E-state index contributed by atoms with van der Waals surface area (Å²) >= 11 is 12.1. The van der Waals surface area contributed by atoms with Crippen LogP contribution in [0.2, 0.25) is 10.0 Å². The molecule has 0 spiro atoms. The molecule has 0 unspecified atom stereocenters. The Labute approximate surface area is 136 Å². The van der Waals surface area contributed by atoms with Crippen LogP contribution in [-0.2, 0) is 9.53 Å². The molecule has 0 saturated heterocycles. The predicted molar refractivity (Wildman–Crippen MR) is 86.1 cm³/mol. The number of carbonyl (C=O) groups is 1. The zero-order valence-electron chi connectivity index (χ0n) is 13.1. The summed E-state index contributed by atoms with van der Waals surface area (Å²) in [6.45, 7) is 9.80. The topological polar surface area (TPSA) is 35.5 Å². The maximum atomic E-state index is 12.5. The number of ether oxygens (including phenoxy) is 2. The molecule has 0 saturated carbocycles. The number of esters is 1. The molecule has 1 aromatic carbocycles. The number of rotatable bonds is 6. The molecule has 0 aliphatic heterocycles. The Morgan fingerprint density at radius 2 is 1.76 bits per heavy atom. The molecular weight excluding hydrogens is 311 g/mol. The van der Waals surface area contributed by atoms with Gasteiger partial charge in [0.25, 0.3) is 0 Å². The monoisotopic (exact) mass is 332 g/mol. The molecular formula is C16H22Cl2O3. The van der Waals surface area contributed by atoms with Crippen molar-refractivity contribution in [2.45, 2.75) is 40.2 Å². The van der Waals surface area contributed by atoms with E-state index in [2.05, 4.69) is 0 Å². The summed E-state index contributed by atoms with van der Waals surface area (Å²) in [4.78, 5) is 12.5. The van der Waals surface area contributed by atoms with E-state index in [9.17, 15) is 4.79 Å². The van der Waals surface area contributed by atoms with Crippen LogP contribution in [0.1, 0.15) is 34.6 Å². The van der Waals surface area contributed by atoms with Gasteiger partial charge in [0.2, 0.25) is 5.60 Å². The van der Waals surface area contributed by atoms with Gasteiger partial charge in [0.15, 0.2) is 0 Å². The van der Waals surface area contributed by atoms with Crippen LogP contribution in [0.15, 0.2) is 18.2 Å². The van der Waals surface area contributed by atoms with Gasteiger partial charge < -0.3 is 9.47 Å². The zero-order chi connectivity index (χ0) is 16.2. The average molecular weight is 333 g/mol. The molecule has 5 heteroatoms. The van der Waals surface area contributed by atoms with Crippen molar-refractivity contribution in [3.63, 3.8) is 0 Å². The van der Waals surface area contributed by atoms with Crippen molar-refractivity contribution >= 4 is 29.2 Å². The molecule has 3 nitrogen and oxygen atoms in total. The van der Waals surface area contributed by atoms with E-state index < -0.39 is 5.60 Å². The first-order chi connectivity index (χ1) is 9.75. The molecule has 0 amide bonds. The van der Waals surface area contributed by atoms with Crippen LogP contribution < -0.4 is 4.74 Å². The first-order valence-corrected chi connectivity index (χ1v) is 7.82. The van der Waals surface area contributed by atoms with E-state index in [0.29, 0.717) is 22.4 Å².